The SMILES string of the molecule is COc1cccc([C@@H]2OC(c3ccc(OCCCO)cc3)=N[C@]2(Cc2ccc(Br)cc2)C(=O)NNCc2cccc(Cl)c2)c1. The van der Waals surface area contributed by atoms with Gasteiger partial charge in [-0.1, -0.05) is 63.9 Å². The second kappa shape index (κ2) is 14.7. The predicted octanol–water partition coefficient (Wildman–Crippen LogP) is 6.19. The highest BCUT2D eigenvalue weighted by Gasteiger charge is 2.53. The van der Waals surface area contributed by atoms with Crippen molar-refractivity contribution in [2.45, 2.75) is 31.0 Å². The summed E-state index contributed by atoms with van der Waals surface area (Å²) in [5.41, 5.74) is 7.85. The largest absolute Gasteiger partial charge is 0.497 e. The number of rotatable bonds is 13. The summed E-state index contributed by atoms with van der Waals surface area (Å²) in [5.74, 6) is 1.28. The smallest absolute Gasteiger partial charge is 0.266 e. The number of aliphatic hydroxyl groups is 1. The van der Waals surface area contributed by atoms with Gasteiger partial charge in [0.05, 0.1) is 13.7 Å². The third-order valence-electron chi connectivity index (χ3n) is 7.20. The molecular formula is C34H33BrClN3O5. The minimum atomic E-state index is -1.38. The van der Waals surface area contributed by atoms with Gasteiger partial charge in [0.25, 0.3) is 5.91 Å². The highest BCUT2D eigenvalue weighted by Crippen LogP contribution is 2.43. The zero-order chi connectivity index (χ0) is 30.9. The second-order valence-corrected chi connectivity index (χ2v) is 11.7. The van der Waals surface area contributed by atoms with E-state index in [1.807, 2.05) is 91.0 Å². The summed E-state index contributed by atoms with van der Waals surface area (Å²) in [7, 11) is 1.60. The van der Waals surface area contributed by atoms with Crippen LogP contribution in [-0.4, -0.2) is 42.8 Å². The quantitative estimate of drug-likeness (QED) is 0.115. The molecule has 44 heavy (non-hydrogen) atoms. The van der Waals surface area contributed by atoms with Gasteiger partial charge < -0.3 is 19.3 Å². The molecule has 0 saturated carbocycles. The second-order valence-electron chi connectivity index (χ2n) is 10.3. The van der Waals surface area contributed by atoms with Crippen molar-refractivity contribution in [2.75, 3.05) is 20.3 Å². The minimum Gasteiger partial charge on any atom is -0.497 e. The number of hydrazine groups is 1. The fraction of sp³-hybridized carbons (Fsp3) is 0.235. The fourth-order valence-corrected chi connectivity index (χ4v) is 5.46. The standard InChI is InChI=1S/C34H33BrClN3O5/c1-42-30-8-3-6-26(20-30)31-34(21-23-9-13-27(35)14-10-23,33(41)39-37-22-24-5-2-7-28(36)19-24)38-32(44-31)25-11-15-29(16-12-25)43-18-4-17-40/h2-3,5-16,19-20,31,37,40H,4,17-18,21-22H2,1H3,(H,39,41)/t31-,34-/m0/s1. The van der Waals surface area contributed by atoms with E-state index in [1.165, 1.54) is 0 Å². The van der Waals surface area contributed by atoms with Crippen LogP contribution >= 0.6 is 27.5 Å². The maximum Gasteiger partial charge on any atom is 0.266 e. The van der Waals surface area contributed by atoms with Gasteiger partial charge in [0.15, 0.2) is 11.6 Å². The molecule has 0 aromatic heterocycles. The van der Waals surface area contributed by atoms with Gasteiger partial charge in [-0.05, 0) is 77.4 Å². The van der Waals surface area contributed by atoms with Crippen LogP contribution in [0, 0.1) is 0 Å². The van der Waals surface area contributed by atoms with Crippen molar-refractivity contribution < 1.29 is 24.1 Å². The lowest BCUT2D eigenvalue weighted by atomic mass is 9.82. The number of carbonyl (C=O) groups excluding carboxylic acids is 1. The van der Waals surface area contributed by atoms with Crippen molar-refractivity contribution in [3.05, 3.63) is 129 Å². The first-order chi connectivity index (χ1) is 21.4. The van der Waals surface area contributed by atoms with E-state index in [9.17, 15) is 4.79 Å². The third kappa shape index (κ3) is 7.60. The Balaban J connectivity index is 1.52. The maximum absolute atomic E-state index is 14.3. The summed E-state index contributed by atoms with van der Waals surface area (Å²) in [5, 5.41) is 9.67. The summed E-state index contributed by atoms with van der Waals surface area (Å²) in [4.78, 5) is 19.4. The Morgan fingerprint density at radius 3 is 2.50 bits per heavy atom. The van der Waals surface area contributed by atoms with Crippen LogP contribution < -0.4 is 20.3 Å². The molecule has 1 heterocycles. The Bertz CT molecular complexity index is 1600. The molecule has 0 saturated heterocycles. The number of nitrogens with one attached hydrogen (secondary N) is 2. The van der Waals surface area contributed by atoms with E-state index in [1.54, 1.807) is 13.2 Å². The van der Waals surface area contributed by atoms with Crippen LogP contribution in [0.4, 0.5) is 0 Å². The zero-order valence-electron chi connectivity index (χ0n) is 24.1. The number of hydrogen-bond donors (Lipinski definition) is 3. The molecule has 0 radical (unpaired) electrons. The molecule has 0 spiro atoms. The van der Waals surface area contributed by atoms with E-state index in [2.05, 4.69) is 26.8 Å². The first-order valence-electron chi connectivity index (χ1n) is 14.2. The van der Waals surface area contributed by atoms with Gasteiger partial charge in [-0.15, -0.1) is 0 Å². The monoisotopic (exact) mass is 677 g/mol. The van der Waals surface area contributed by atoms with Gasteiger partial charge >= 0.3 is 0 Å². The normalized spacial score (nSPS) is 17.5. The van der Waals surface area contributed by atoms with Gasteiger partial charge in [-0.2, -0.15) is 0 Å². The summed E-state index contributed by atoms with van der Waals surface area (Å²) in [6, 6.07) is 30.1. The zero-order valence-corrected chi connectivity index (χ0v) is 26.5. The van der Waals surface area contributed by atoms with Crippen molar-refractivity contribution >= 4 is 39.3 Å². The number of benzene rings is 4. The number of methoxy groups -OCH3 is 1. The molecule has 0 bridgehead atoms. The lowest BCUT2D eigenvalue weighted by Crippen LogP contribution is -2.53. The van der Waals surface area contributed by atoms with Crippen LogP contribution in [0.25, 0.3) is 0 Å². The lowest BCUT2D eigenvalue weighted by Gasteiger charge is -2.31. The van der Waals surface area contributed by atoms with Crippen LogP contribution in [-0.2, 0) is 22.5 Å². The Labute approximate surface area is 270 Å². The average Bonchev–Trinajstić information content (AvgIpc) is 3.43. The molecule has 0 aliphatic carbocycles. The molecule has 5 rings (SSSR count). The van der Waals surface area contributed by atoms with Crippen molar-refractivity contribution in [3.8, 4) is 11.5 Å². The highest BCUT2D eigenvalue weighted by molar-refractivity contribution is 9.10. The van der Waals surface area contributed by atoms with E-state index in [0.717, 1.165) is 21.2 Å². The summed E-state index contributed by atoms with van der Waals surface area (Å²) in [6.45, 7) is 0.828. The first kappa shape index (κ1) is 31.5. The van der Waals surface area contributed by atoms with Crippen LogP contribution in [0.3, 0.4) is 0 Å². The number of carbonyl (C=O) groups is 1. The molecule has 1 aliphatic heterocycles. The van der Waals surface area contributed by atoms with Gasteiger partial charge in [-0.25, -0.2) is 10.4 Å². The molecule has 2 atom stereocenters. The van der Waals surface area contributed by atoms with E-state index in [-0.39, 0.29) is 18.9 Å². The Morgan fingerprint density at radius 2 is 1.77 bits per heavy atom. The van der Waals surface area contributed by atoms with E-state index in [4.69, 9.17) is 35.9 Å². The summed E-state index contributed by atoms with van der Waals surface area (Å²) < 4.78 is 18.7. The molecule has 4 aromatic carbocycles. The maximum atomic E-state index is 14.3. The molecule has 4 aromatic rings. The van der Waals surface area contributed by atoms with E-state index >= 15 is 0 Å². The molecule has 8 nitrogen and oxygen atoms in total. The van der Waals surface area contributed by atoms with Crippen molar-refractivity contribution in [1.82, 2.24) is 10.9 Å². The number of hydrogen-bond acceptors (Lipinski definition) is 7. The molecule has 10 heteroatoms. The van der Waals surface area contributed by atoms with Gasteiger partial charge in [0.2, 0.25) is 5.90 Å². The van der Waals surface area contributed by atoms with Crippen LogP contribution in [0.5, 0.6) is 11.5 Å². The molecule has 0 unspecified atom stereocenters. The number of aliphatic hydroxyl groups excluding tert-OH is 1. The molecular weight excluding hydrogens is 646 g/mol. The number of halogens is 2. The minimum absolute atomic E-state index is 0.0604. The van der Waals surface area contributed by atoms with Crippen LogP contribution in [0.1, 0.15) is 34.8 Å². The Hall–Kier alpha value is -3.89. The topological polar surface area (TPSA) is 101 Å². The number of nitrogens with zero attached hydrogens (tertiary/aromatic N) is 1. The van der Waals surface area contributed by atoms with Gasteiger partial charge in [0, 0.05) is 41.1 Å². The van der Waals surface area contributed by atoms with E-state index in [0.29, 0.717) is 47.6 Å². The predicted molar refractivity (Wildman–Crippen MR) is 174 cm³/mol. The average molecular weight is 679 g/mol. The molecule has 0 fully saturated rings. The van der Waals surface area contributed by atoms with Crippen molar-refractivity contribution in [3.63, 3.8) is 0 Å². The summed E-state index contributed by atoms with van der Waals surface area (Å²) >= 11 is 9.66. The molecule has 228 valence electrons. The number of amides is 1. The Morgan fingerprint density at radius 1 is 1.00 bits per heavy atom. The van der Waals surface area contributed by atoms with Crippen molar-refractivity contribution in [1.29, 1.82) is 0 Å². The fourth-order valence-electron chi connectivity index (χ4n) is 4.98. The van der Waals surface area contributed by atoms with Crippen LogP contribution in [0.15, 0.2) is 107 Å². The number of aliphatic imine (C=N–C) groups is 1. The molecule has 1 aliphatic rings. The van der Waals surface area contributed by atoms with Crippen molar-refractivity contribution in [2.24, 2.45) is 4.99 Å². The lowest BCUT2D eigenvalue weighted by molar-refractivity contribution is -0.130. The van der Waals surface area contributed by atoms with E-state index < -0.39 is 11.6 Å². The molecule has 1 amide bonds. The van der Waals surface area contributed by atoms with Crippen LogP contribution in [0.2, 0.25) is 5.02 Å². The Kier molecular flexibility index (Phi) is 10.6. The van der Waals surface area contributed by atoms with Gasteiger partial charge in [0.1, 0.15) is 11.5 Å². The number of ether oxygens (including phenoxy) is 3. The highest BCUT2D eigenvalue weighted by atomic mass is 79.9. The molecule has 3 N–H and O–H groups in total. The van der Waals surface area contributed by atoms with Gasteiger partial charge in [-0.3, -0.25) is 10.2 Å². The third-order valence-corrected chi connectivity index (χ3v) is 7.96. The summed E-state index contributed by atoms with van der Waals surface area (Å²) in [6.07, 6.45) is 0.0297. The first-order valence-corrected chi connectivity index (χ1v) is 15.3.